The Morgan fingerprint density at radius 2 is 2.00 bits per heavy atom. The Morgan fingerprint density at radius 3 is 2.78 bits per heavy atom. The van der Waals surface area contributed by atoms with Crippen molar-refractivity contribution in [2.75, 3.05) is 5.32 Å². The molecule has 0 radical (unpaired) electrons. The average Bonchev–Trinajstić information content (AvgIpc) is 3.09. The van der Waals surface area contributed by atoms with Crippen molar-refractivity contribution < 1.29 is 4.42 Å². The van der Waals surface area contributed by atoms with Gasteiger partial charge in [-0.25, -0.2) is 4.98 Å². The van der Waals surface area contributed by atoms with Crippen molar-refractivity contribution in [3.63, 3.8) is 0 Å². The van der Waals surface area contributed by atoms with Crippen molar-refractivity contribution in [3.8, 4) is 11.3 Å². The van der Waals surface area contributed by atoms with Gasteiger partial charge in [-0.05, 0) is 12.1 Å². The number of aromatic nitrogens is 2. The number of nitrogens with one attached hydrogen (secondary N) is 2. The molecule has 0 atom stereocenters. The van der Waals surface area contributed by atoms with Crippen LogP contribution in [0.3, 0.4) is 0 Å². The van der Waals surface area contributed by atoms with E-state index in [1.54, 1.807) is 12.4 Å². The quantitative estimate of drug-likeness (QED) is 0.734. The summed E-state index contributed by atoms with van der Waals surface area (Å²) in [6, 6.07) is 14.0. The first-order valence-electron chi connectivity index (χ1n) is 5.79. The SMILES string of the molecule is c1ccc(-c2ccc(CNc3ncc[nH]3)o2)cc1. The number of hydrogen-bond acceptors (Lipinski definition) is 3. The lowest BCUT2D eigenvalue weighted by molar-refractivity contribution is 0.531. The van der Waals surface area contributed by atoms with Crippen LogP contribution in [0.25, 0.3) is 11.3 Å². The normalized spacial score (nSPS) is 10.4. The molecule has 0 saturated carbocycles. The molecule has 0 aliphatic rings. The van der Waals surface area contributed by atoms with E-state index in [-0.39, 0.29) is 0 Å². The zero-order valence-corrected chi connectivity index (χ0v) is 9.76. The third-order valence-corrected chi connectivity index (χ3v) is 2.65. The van der Waals surface area contributed by atoms with Gasteiger partial charge in [0.25, 0.3) is 0 Å². The zero-order chi connectivity index (χ0) is 12.2. The van der Waals surface area contributed by atoms with Gasteiger partial charge in [0, 0.05) is 18.0 Å². The maximum absolute atomic E-state index is 5.76. The predicted molar refractivity (Wildman–Crippen MR) is 70.1 cm³/mol. The molecular formula is C14H13N3O. The van der Waals surface area contributed by atoms with Gasteiger partial charge in [-0.2, -0.15) is 0 Å². The van der Waals surface area contributed by atoms with Crippen molar-refractivity contribution in [2.24, 2.45) is 0 Å². The van der Waals surface area contributed by atoms with Crippen molar-refractivity contribution >= 4 is 5.95 Å². The highest BCUT2D eigenvalue weighted by Crippen LogP contribution is 2.21. The minimum atomic E-state index is 0.611. The second-order valence-electron chi connectivity index (χ2n) is 3.92. The summed E-state index contributed by atoms with van der Waals surface area (Å²) in [7, 11) is 0. The lowest BCUT2D eigenvalue weighted by Crippen LogP contribution is -1.99. The van der Waals surface area contributed by atoms with Gasteiger partial charge in [-0.3, -0.25) is 0 Å². The van der Waals surface area contributed by atoms with E-state index in [4.69, 9.17) is 4.42 Å². The molecule has 4 nitrogen and oxygen atoms in total. The van der Waals surface area contributed by atoms with Crippen LogP contribution >= 0.6 is 0 Å². The van der Waals surface area contributed by atoms with Crippen molar-refractivity contribution in [2.45, 2.75) is 6.54 Å². The standard InChI is InChI=1S/C14H13N3O/c1-2-4-11(5-3-1)13-7-6-12(18-13)10-17-14-15-8-9-16-14/h1-9H,10H2,(H2,15,16,17). The highest BCUT2D eigenvalue weighted by Gasteiger charge is 2.04. The monoisotopic (exact) mass is 239 g/mol. The largest absolute Gasteiger partial charge is 0.459 e. The number of rotatable bonds is 4. The van der Waals surface area contributed by atoms with Crippen LogP contribution in [0.2, 0.25) is 0 Å². The molecule has 0 spiro atoms. The molecule has 1 aromatic carbocycles. The highest BCUT2D eigenvalue weighted by molar-refractivity contribution is 5.57. The number of furan rings is 1. The number of H-pyrrole nitrogens is 1. The molecule has 0 fully saturated rings. The fraction of sp³-hybridized carbons (Fsp3) is 0.0714. The summed E-state index contributed by atoms with van der Waals surface area (Å²) >= 11 is 0. The molecule has 0 amide bonds. The fourth-order valence-electron chi connectivity index (χ4n) is 1.76. The van der Waals surface area contributed by atoms with E-state index in [2.05, 4.69) is 15.3 Å². The summed E-state index contributed by atoms with van der Waals surface area (Å²) in [5.41, 5.74) is 1.08. The summed E-state index contributed by atoms with van der Waals surface area (Å²) in [4.78, 5) is 7.07. The van der Waals surface area contributed by atoms with Gasteiger partial charge in [-0.15, -0.1) is 0 Å². The number of benzene rings is 1. The Balaban J connectivity index is 1.70. The van der Waals surface area contributed by atoms with Crippen molar-refractivity contribution in [1.82, 2.24) is 9.97 Å². The van der Waals surface area contributed by atoms with Gasteiger partial charge in [0.05, 0.1) is 6.54 Å². The molecule has 2 N–H and O–H groups in total. The van der Waals surface area contributed by atoms with E-state index < -0.39 is 0 Å². The second-order valence-corrected chi connectivity index (χ2v) is 3.92. The van der Waals surface area contributed by atoms with Crippen LogP contribution < -0.4 is 5.32 Å². The lowest BCUT2D eigenvalue weighted by atomic mass is 10.2. The Bertz CT molecular complexity index is 599. The van der Waals surface area contributed by atoms with Gasteiger partial charge >= 0.3 is 0 Å². The second kappa shape index (κ2) is 4.79. The van der Waals surface area contributed by atoms with Crippen LogP contribution in [0.5, 0.6) is 0 Å². The Labute approximate surface area is 105 Å². The minimum Gasteiger partial charge on any atom is -0.459 e. The summed E-state index contributed by atoms with van der Waals surface area (Å²) in [6.07, 6.45) is 3.49. The van der Waals surface area contributed by atoms with Gasteiger partial charge in [0.1, 0.15) is 11.5 Å². The maximum Gasteiger partial charge on any atom is 0.200 e. The molecule has 0 saturated heterocycles. The topological polar surface area (TPSA) is 53.9 Å². The Morgan fingerprint density at radius 1 is 1.11 bits per heavy atom. The molecule has 0 unspecified atom stereocenters. The van der Waals surface area contributed by atoms with Gasteiger partial charge < -0.3 is 14.7 Å². The van der Waals surface area contributed by atoms with Gasteiger partial charge in [0.2, 0.25) is 0 Å². The summed E-state index contributed by atoms with van der Waals surface area (Å²) < 4.78 is 5.76. The fourth-order valence-corrected chi connectivity index (χ4v) is 1.76. The van der Waals surface area contributed by atoms with Crippen LogP contribution in [0.1, 0.15) is 5.76 Å². The van der Waals surface area contributed by atoms with Crippen LogP contribution in [-0.2, 0) is 6.54 Å². The molecule has 3 aromatic rings. The Hall–Kier alpha value is -2.49. The minimum absolute atomic E-state index is 0.611. The first-order chi connectivity index (χ1) is 8.92. The van der Waals surface area contributed by atoms with E-state index >= 15 is 0 Å². The molecule has 0 aliphatic heterocycles. The zero-order valence-electron chi connectivity index (χ0n) is 9.76. The molecular weight excluding hydrogens is 226 g/mol. The number of nitrogens with zero attached hydrogens (tertiary/aromatic N) is 1. The summed E-state index contributed by atoms with van der Waals surface area (Å²) in [5.74, 6) is 2.50. The molecule has 0 aliphatic carbocycles. The van der Waals surface area contributed by atoms with E-state index in [1.165, 1.54) is 0 Å². The number of hydrogen-bond donors (Lipinski definition) is 2. The van der Waals surface area contributed by atoms with Crippen LogP contribution in [0, 0.1) is 0 Å². The summed E-state index contributed by atoms with van der Waals surface area (Å²) in [6.45, 7) is 0.611. The number of imidazole rings is 1. The highest BCUT2D eigenvalue weighted by atomic mass is 16.3. The number of anilines is 1. The summed E-state index contributed by atoms with van der Waals surface area (Å²) in [5, 5.41) is 3.15. The molecule has 2 heterocycles. The Kier molecular flexibility index (Phi) is 2.84. The third-order valence-electron chi connectivity index (χ3n) is 2.65. The molecule has 2 aromatic heterocycles. The molecule has 3 rings (SSSR count). The van der Waals surface area contributed by atoms with Crippen molar-refractivity contribution in [3.05, 3.63) is 60.6 Å². The molecule has 0 bridgehead atoms. The first-order valence-corrected chi connectivity index (χ1v) is 5.79. The average molecular weight is 239 g/mol. The maximum atomic E-state index is 5.76. The van der Waals surface area contributed by atoms with E-state index in [0.717, 1.165) is 23.0 Å². The molecule has 18 heavy (non-hydrogen) atoms. The molecule has 4 heteroatoms. The van der Waals surface area contributed by atoms with Crippen LogP contribution in [0.15, 0.2) is 59.3 Å². The van der Waals surface area contributed by atoms with E-state index in [0.29, 0.717) is 6.54 Å². The smallest absolute Gasteiger partial charge is 0.200 e. The van der Waals surface area contributed by atoms with Gasteiger partial charge in [-0.1, -0.05) is 30.3 Å². The lowest BCUT2D eigenvalue weighted by Gasteiger charge is -1.99. The van der Waals surface area contributed by atoms with Crippen LogP contribution in [-0.4, -0.2) is 9.97 Å². The third kappa shape index (κ3) is 2.27. The van der Waals surface area contributed by atoms with E-state index in [9.17, 15) is 0 Å². The number of aromatic amines is 1. The van der Waals surface area contributed by atoms with Crippen molar-refractivity contribution in [1.29, 1.82) is 0 Å². The first kappa shape index (κ1) is 10.7. The predicted octanol–water partition coefficient (Wildman–Crippen LogP) is 3.28. The molecule has 90 valence electrons. The van der Waals surface area contributed by atoms with Gasteiger partial charge in [0.15, 0.2) is 5.95 Å². The van der Waals surface area contributed by atoms with Crippen LogP contribution in [0.4, 0.5) is 5.95 Å². The van der Waals surface area contributed by atoms with E-state index in [1.807, 2.05) is 42.5 Å².